The molecular formula is C13H20F3N5. The molecule has 2 aliphatic rings. The van der Waals surface area contributed by atoms with Gasteiger partial charge < -0.3 is 9.88 Å². The molecule has 0 bridgehead atoms. The summed E-state index contributed by atoms with van der Waals surface area (Å²) < 4.78 is 39.4. The highest BCUT2D eigenvalue weighted by Gasteiger charge is 2.39. The van der Waals surface area contributed by atoms with Gasteiger partial charge in [-0.25, -0.2) is 0 Å². The maximum atomic E-state index is 12.7. The third-order valence-electron chi connectivity index (χ3n) is 4.00. The molecule has 1 aliphatic heterocycles. The van der Waals surface area contributed by atoms with Gasteiger partial charge >= 0.3 is 6.18 Å². The summed E-state index contributed by atoms with van der Waals surface area (Å²) in [5.74, 6) is -0.449. The Morgan fingerprint density at radius 2 is 1.95 bits per heavy atom. The monoisotopic (exact) mass is 303 g/mol. The zero-order chi connectivity index (χ0) is 14.9. The van der Waals surface area contributed by atoms with Crippen LogP contribution in [-0.4, -0.2) is 45.3 Å². The quantitative estimate of drug-likeness (QED) is 0.812. The van der Waals surface area contributed by atoms with Gasteiger partial charge in [0.05, 0.1) is 6.54 Å². The van der Waals surface area contributed by atoms with Crippen LogP contribution in [0, 0.1) is 0 Å². The molecule has 1 N–H and O–H groups in total. The summed E-state index contributed by atoms with van der Waals surface area (Å²) in [6, 6.07) is 0.735. The Morgan fingerprint density at radius 1 is 1.14 bits per heavy atom. The van der Waals surface area contributed by atoms with E-state index in [1.54, 1.807) is 0 Å². The summed E-state index contributed by atoms with van der Waals surface area (Å²) in [4.78, 5) is 2.15. The van der Waals surface area contributed by atoms with E-state index in [4.69, 9.17) is 0 Å². The van der Waals surface area contributed by atoms with Crippen LogP contribution in [-0.2, 0) is 19.3 Å². The average Bonchev–Trinajstić information content (AvgIpc) is 3.14. The van der Waals surface area contributed by atoms with E-state index in [1.165, 1.54) is 17.4 Å². The third kappa shape index (κ3) is 3.74. The molecule has 1 aromatic heterocycles. The van der Waals surface area contributed by atoms with Crippen LogP contribution in [0.3, 0.4) is 0 Å². The van der Waals surface area contributed by atoms with Gasteiger partial charge in [-0.15, -0.1) is 10.2 Å². The number of fused-ring (bicyclic) bond motifs is 1. The van der Waals surface area contributed by atoms with E-state index in [-0.39, 0.29) is 0 Å². The van der Waals surface area contributed by atoms with Crippen molar-refractivity contribution < 1.29 is 13.2 Å². The second-order valence-corrected chi connectivity index (χ2v) is 5.80. The lowest BCUT2D eigenvalue weighted by molar-refractivity contribution is -0.148. The highest BCUT2D eigenvalue weighted by Crippen LogP contribution is 2.29. The molecule has 21 heavy (non-hydrogen) atoms. The number of aromatic nitrogens is 3. The Balaban J connectivity index is 1.45. The maximum absolute atomic E-state index is 12.7. The molecule has 1 aromatic rings. The molecule has 2 heterocycles. The molecule has 0 unspecified atom stereocenters. The van der Waals surface area contributed by atoms with Crippen molar-refractivity contribution in [1.29, 1.82) is 0 Å². The van der Waals surface area contributed by atoms with Crippen molar-refractivity contribution in [2.45, 2.75) is 51.0 Å². The molecule has 1 fully saturated rings. The SMILES string of the molecule is FC(F)(F)c1nnc2n1CCN(CCCCNC1CC1)C2. The van der Waals surface area contributed by atoms with Crippen LogP contribution < -0.4 is 5.32 Å². The molecular weight excluding hydrogens is 283 g/mol. The predicted molar refractivity (Wildman–Crippen MR) is 70.6 cm³/mol. The van der Waals surface area contributed by atoms with Crippen molar-refractivity contribution in [3.8, 4) is 0 Å². The van der Waals surface area contributed by atoms with E-state index < -0.39 is 12.0 Å². The lowest BCUT2D eigenvalue weighted by Gasteiger charge is -2.27. The average molecular weight is 303 g/mol. The summed E-state index contributed by atoms with van der Waals surface area (Å²) >= 11 is 0. The van der Waals surface area contributed by atoms with E-state index in [9.17, 15) is 13.2 Å². The highest BCUT2D eigenvalue weighted by atomic mass is 19.4. The van der Waals surface area contributed by atoms with Gasteiger partial charge in [0.1, 0.15) is 5.82 Å². The number of hydrogen-bond donors (Lipinski definition) is 1. The van der Waals surface area contributed by atoms with Crippen LogP contribution >= 0.6 is 0 Å². The number of unbranched alkanes of at least 4 members (excludes halogenated alkanes) is 1. The zero-order valence-electron chi connectivity index (χ0n) is 11.9. The maximum Gasteiger partial charge on any atom is 0.451 e. The lowest BCUT2D eigenvalue weighted by atomic mass is 10.2. The van der Waals surface area contributed by atoms with Crippen molar-refractivity contribution >= 4 is 0 Å². The Labute approximate surface area is 121 Å². The van der Waals surface area contributed by atoms with Crippen molar-refractivity contribution in [3.05, 3.63) is 11.6 Å². The van der Waals surface area contributed by atoms with Crippen molar-refractivity contribution in [2.24, 2.45) is 0 Å². The number of alkyl halides is 3. The van der Waals surface area contributed by atoms with Crippen molar-refractivity contribution in [1.82, 2.24) is 25.0 Å². The van der Waals surface area contributed by atoms with Gasteiger partial charge in [-0.1, -0.05) is 0 Å². The normalized spacial score (nSPS) is 19.8. The second kappa shape index (κ2) is 5.92. The van der Waals surface area contributed by atoms with Gasteiger partial charge in [-0.05, 0) is 38.8 Å². The number of rotatable bonds is 6. The van der Waals surface area contributed by atoms with E-state index in [1.807, 2.05) is 0 Å². The van der Waals surface area contributed by atoms with E-state index in [0.717, 1.165) is 32.0 Å². The Hall–Kier alpha value is -1.15. The molecule has 0 radical (unpaired) electrons. The summed E-state index contributed by atoms with van der Waals surface area (Å²) in [7, 11) is 0. The molecule has 3 rings (SSSR count). The summed E-state index contributed by atoms with van der Waals surface area (Å²) in [5, 5.41) is 10.4. The highest BCUT2D eigenvalue weighted by molar-refractivity contribution is 5.02. The Bertz CT molecular complexity index is 481. The van der Waals surface area contributed by atoms with Crippen LogP contribution in [0.5, 0.6) is 0 Å². The first-order chi connectivity index (χ1) is 10.0. The molecule has 118 valence electrons. The van der Waals surface area contributed by atoms with E-state index in [0.29, 0.717) is 25.5 Å². The fourth-order valence-corrected chi connectivity index (χ4v) is 2.66. The summed E-state index contributed by atoms with van der Waals surface area (Å²) in [6.45, 7) is 3.34. The topological polar surface area (TPSA) is 46.0 Å². The number of nitrogens with zero attached hydrogens (tertiary/aromatic N) is 4. The second-order valence-electron chi connectivity index (χ2n) is 5.80. The third-order valence-corrected chi connectivity index (χ3v) is 4.00. The largest absolute Gasteiger partial charge is 0.451 e. The number of hydrogen-bond acceptors (Lipinski definition) is 4. The molecule has 0 saturated heterocycles. The van der Waals surface area contributed by atoms with E-state index in [2.05, 4.69) is 20.4 Å². The Morgan fingerprint density at radius 3 is 2.67 bits per heavy atom. The fourth-order valence-electron chi connectivity index (χ4n) is 2.66. The van der Waals surface area contributed by atoms with Gasteiger partial charge in [0.25, 0.3) is 0 Å². The number of halogens is 3. The molecule has 5 nitrogen and oxygen atoms in total. The first-order valence-corrected chi connectivity index (χ1v) is 7.49. The molecule has 0 aromatic carbocycles. The van der Waals surface area contributed by atoms with Crippen LogP contribution in [0.2, 0.25) is 0 Å². The summed E-state index contributed by atoms with van der Waals surface area (Å²) in [5.41, 5.74) is 0. The molecule has 0 atom stereocenters. The van der Waals surface area contributed by atoms with Crippen LogP contribution in [0.15, 0.2) is 0 Å². The molecule has 8 heteroatoms. The minimum absolute atomic E-state index is 0.317. The van der Waals surface area contributed by atoms with Crippen molar-refractivity contribution in [2.75, 3.05) is 19.6 Å². The van der Waals surface area contributed by atoms with Gasteiger partial charge in [0, 0.05) is 19.1 Å². The smallest absolute Gasteiger partial charge is 0.314 e. The standard InChI is InChI=1S/C13H20F3N5/c14-13(15,16)12-19-18-11-9-20(7-8-21(11)12)6-2-1-5-17-10-3-4-10/h10,17H,1-9H2. The predicted octanol–water partition coefficient (Wildman–Crippen LogP) is 1.64. The van der Waals surface area contributed by atoms with Crippen LogP contribution in [0.25, 0.3) is 0 Å². The minimum Gasteiger partial charge on any atom is -0.314 e. The van der Waals surface area contributed by atoms with Crippen LogP contribution in [0.4, 0.5) is 13.2 Å². The molecule has 1 aliphatic carbocycles. The minimum atomic E-state index is -4.41. The fraction of sp³-hybridized carbons (Fsp3) is 0.846. The lowest BCUT2D eigenvalue weighted by Crippen LogP contribution is -2.36. The van der Waals surface area contributed by atoms with Gasteiger partial charge in [0.15, 0.2) is 0 Å². The zero-order valence-corrected chi connectivity index (χ0v) is 11.9. The van der Waals surface area contributed by atoms with E-state index >= 15 is 0 Å². The first-order valence-electron chi connectivity index (χ1n) is 7.49. The van der Waals surface area contributed by atoms with Crippen molar-refractivity contribution in [3.63, 3.8) is 0 Å². The molecule has 0 amide bonds. The number of nitrogens with one attached hydrogen (secondary N) is 1. The van der Waals surface area contributed by atoms with Gasteiger partial charge in [-0.3, -0.25) is 4.90 Å². The summed E-state index contributed by atoms with van der Waals surface area (Å²) in [6.07, 6.45) is 0.335. The van der Waals surface area contributed by atoms with Crippen LogP contribution in [0.1, 0.15) is 37.3 Å². The molecule has 1 saturated carbocycles. The Kier molecular flexibility index (Phi) is 4.17. The van der Waals surface area contributed by atoms with Gasteiger partial charge in [-0.2, -0.15) is 13.2 Å². The molecule has 0 spiro atoms. The van der Waals surface area contributed by atoms with Gasteiger partial charge in [0.2, 0.25) is 5.82 Å². The first kappa shape index (κ1) is 14.8.